The van der Waals surface area contributed by atoms with Gasteiger partial charge in [-0.2, -0.15) is 0 Å². The summed E-state index contributed by atoms with van der Waals surface area (Å²) in [5, 5.41) is 1.36. The maximum Gasteiger partial charge on any atom is 0.374 e. The highest BCUT2D eigenvalue weighted by atomic mass is 35.5. The third kappa shape index (κ3) is 2.65. The number of benzene rings is 1. The van der Waals surface area contributed by atoms with Crippen LogP contribution in [0, 0.1) is 0 Å². The fourth-order valence-electron chi connectivity index (χ4n) is 1.81. The van der Waals surface area contributed by atoms with Gasteiger partial charge in [0.2, 0.25) is 5.76 Å². The molecule has 100 valence electrons. The van der Waals surface area contributed by atoms with Crippen LogP contribution in [0.5, 0.6) is 0 Å². The zero-order valence-electron chi connectivity index (χ0n) is 10.4. The molecule has 0 fully saturated rings. The maximum atomic E-state index is 11.9. The summed E-state index contributed by atoms with van der Waals surface area (Å²) in [7, 11) is 0. The van der Waals surface area contributed by atoms with E-state index < -0.39 is 5.97 Å². The normalized spacial score (nSPS) is 10.7. The first kappa shape index (κ1) is 12.7. The molecule has 0 amide bonds. The van der Waals surface area contributed by atoms with Crippen molar-refractivity contribution in [3.63, 3.8) is 0 Å². The van der Waals surface area contributed by atoms with Crippen molar-refractivity contribution in [1.82, 2.24) is 4.98 Å². The van der Waals surface area contributed by atoms with E-state index in [0.29, 0.717) is 16.3 Å². The van der Waals surface area contributed by atoms with E-state index in [1.807, 2.05) is 6.07 Å². The monoisotopic (exact) mass is 287 g/mol. The summed E-state index contributed by atoms with van der Waals surface area (Å²) in [6, 6.07) is 12.2. The van der Waals surface area contributed by atoms with Crippen LogP contribution < -0.4 is 0 Å². The Bertz CT molecular complexity index is 752. The number of esters is 1. The zero-order valence-corrected chi connectivity index (χ0v) is 11.1. The topological polar surface area (TPSA) is 52.3 Å². The van der Waals surface area contributed by atoms with E-state index in [9.17, 15) is 4.79 Å². The highest BCUT2D eigenvalue weighted by Gasteiger charge is 2.14. The molecule has 0 aliphatic heterocycles. The van der Waals surface area contributed by atoms with Gasteiger partial charge in [-0.1, -0.05) is 17.7 Å². The summed E-state index contributed by atoms with van der Waals surface area (Å²) in [5.74, 6) is -0.374. The molecule has 3 aromatic rings. The van der Waals surface area contributed by atoms with Gasteiger partial charge in [0, 0.05) is 16.6 Å². The van der Waals surface area contributed by atoms with Gasteiger partial charge in [-0.15, -0.1) is 0 Å². The first-order valence-corrected chi connectivity index (χ1v) is 6.36. The molecule has 0 saturated carbocycles. The molecule has 0 N–H and O–H groups in total. The Morgan fingerprint density at radius 2 is 2.15 bits per heavy atom. The minimum Gasteiger partial charge on any atom is -0.453 e. The first-order chi connectivity index (χ1) is 9.72. The van der Waals surface area contributed by atoms with Gasteiger partial charge in [-0.3, -0.25) is 4.98 Å². The van der Waals surface area contributed by atoms with Crippen molar-refractivity contribution in [2.45, 2.75) is 6.61 Å². The number of rotatable bonds is 3. The van der Waals surface area contributed by atoms with Gasteiger partial charge < -0.3 is 9.15 Å². The Labute approximate surface area is 119 Å². The second-order valence-electron chi connectivity index (χ2n) is 4.19. The molecule has 0 saturated heterocycles. The fourth-order valence-corrected chi connectivity index (χ4v) is 1.99. The van der Waals surface area contributed by atoms with E-state index in [-0.39, 0.29) is 12.4 Å². The third-order valence-electron chi connectivity index (χ3n) is 2.76. The Hall–Kier alpha value is -2.33. The number of hydrogen-bond acceptors (Lipinski definition) is 4. The lowest BCUT2D eigenvalue weighted by atomic mass is 10.2. The van der Waals surface area contributed by atoms with Crippen molar-refractivity contribution in [2.75, 3.05) is 0 Å². The molecule has 2 heterocycles. The van der Waals surface area contributed by atoms with Crippen LogP contribution in [0.15, 0.2) is 53.1 Å². The van der Waals surface area contributed by atoms with Crippen LogP contribution in [0.1, 0.15) is 16.2 Å². The smallest absolute Gasteiger partial charge is 0.374 e. The molecule has 2 aromatic heterocycles. The van der Waals surface area contributed by atoms with Gasteiger partial charge in [0.25, 0.3) is 0 Å². The standard InChI is InChI=1S/C15H10ClNO3/c16-11-4-5-13-10(7-11)8-14(20-13)15(18)19-9-12-3-1-2-6-17-12/h1-8H,9H2. The van der Waals surface area contributed by atoms with Gasteiger partial charge >= 0.3 is 5.97 Å². The van der Waals surface area contributed by atoms with E-state index in [4.69, 9.17) is 20.8 Å². The molecule has 0 unspecified atom stereocenters. The number of hydrogen-bond donors (Lipinski definition) is 0. The Kier molecular flexibility index (Phi) is 3.39. The summed E-state index contributed by atoms with van der Waals surface area (Å²) < 4.78 is 10.6. The molecular weight excluding hydrogens is 278 g/mol. The molecule has 1 aromatic carbocycles. The van der Waals surface area contributed by atoms with Crippen LogP contribution in [0.3, 0.4) is 0 Å². The average molecular weight is 288 g/mol. The quantitative estimate of drug-likeness (QED) is 0.687. The molecular formula is C15H10ClNO3. The van der Waals surface area contributed by atoms with E-state index >= 15 is 0 Å². The van der Waals surface area contributed by atoms with Gasteiger partial charge in [0.1, 0.15) is 12.2 Å². The Balaban J connectivity index is 1.75. The van der Waals surface area contributed by atoms with Crippen LogP contribution in [-0.2, 0) is 11.3 Å². The SMILES string of the molecule is O=C(OCc1ccccn1)c1cc2cc(Cl)ccc2o1. The second-order valence-corrected chi connectivity index (χ2v) is 4.63. The fraction of sp³-hybridized carbons (Fsp3) is 0.0667. The van der Waals surface area contributed by atoms with Gasteiger partial charge in [-0.25, -0.2) is 4.79 Å². The average Bonchev–Trinajstić information content (AvgIpc) is 2.89. The lowest BCUT2D eigenvalue weighted by molar-refractivity contribution is 0.0434. The molecule has 3 rings (SSSR count). The summed E-state index contributed by atoms with van der Waals surface area (Å²) in [4.78, 5) is 16.0. The van der Waals surface area contributed by atoms with Crippen molar-refractivity contribution in [1.29, 1.82) is 0 Å². The lowest BCUT2D eigenvalue weighted by Gasteiger charge is -2.01. The van der Waals surface area contributed by atoms with E-state index in [1.165, 1.54) is 0 Å². The number of nitrogens with zero attached hydrogens (tertiary/aromatic N) is 1. The molecule has 0 bridgehead atoms. The van der Waals surface area contributed by atoms with Crippen molar-refractivity contribution in [3.8, 4) is 0 Å². The number of halogens is 1. The minimum absolute atomic E-state index is 0.109. The number of carbonyl (C=O) groups is 1. The van der Waals surface area contributed by atoms with Crippen molar-refractivity contribution in [2.24, 2.45) is 0 Å². The van der Waals surface area contributed by atoms with Crippen molar-refractivity contribution >= 4 is 28.5 Å². The number of ether oxygens (including phenoxy) is 1. The van der Waals surface area contributed by atoms with Crippen LogP contribution in [-0.4, -0.2) is 11.0 Å². The van der Waals surface area contributed by atoms with Crippen molar-refractivity contribution < 1.29 is 13.9 Å². The van der Waals surface area contributed by atoms with Crippen LogP contribution in [0.2, 0.25) is 5.02 Å². The van der Waals surface area contributed by atoms with Crippen LogP contribution in [0.25, 0.3) is 11.0 Å². The molecule has 4 nitrogen and oxygen atoms in total. The number of carbonyl (C=O) groups excluding carboxylic acids is 1. The molecule has 5 heteroatoms. The molecule has 0 spiro atoms. The van der Waals surface area contributed by atoms with Gasteiger partial charge in [-0.05, 0) is 36.4 Å². The molecule has 0 radical (unpaired) electrons. The number of aromatic nitrogens is 1. The Morgan fingerprint density at radius 1 is 1.25 bits per heavy atom. The highest BCUT2D eigenvalue weighted by Crippen LogP contribution is 2.23. The third-order valence-corrected chi connectivity index (χ3v) is 2.99. The van der Waals surface area contributed by atoms with Crippen molar-refractivity contribution in [3.05, 3.63) is 65.1 Å². The Morgan fingerprint density at radius 3 is 2.95 bits per heavy atom. The summed E-state index contributed by atoms with van der Waals surface area (Å²) in [6.07, 6.45) is 1.65. The second kappa shape index (κ2) is 5.35. The number of furan rings is 1. The summed E-state index contributed by atoms with van der Waals surface area (Å²) >= 11 is 5.88. The summed E-state index contributed by atoms with van der Waals surface area (Å²) in [6.45, 7) is 0.109. The maximum absolute atomic E-state index is 11.9. The molecule has 0 atom stereocenters. The summed E-state index contributed by atoms with van der Waals surface area (Å²) in [5.41, 5.74) is 1.28. The van der Waals surface area contributed by atoms with Gasteiger partial charge in [0.05, 0.1) is 5.69 Å². The first-order valence-electron chi connectivity index (χ1n) is 5.98. The molecule has 0 aliphatic rings. The lowest BCUT2D eigenvalue weighted by Crippen LogP contribution is -2.04. The van der Waals surface area contributed by atoms with E-state index in [1.54, 1.807) is 42.6 Å². The van der Waals surface area contributed by atoms with Gasteiger partial charge in [0.15, 0.2) is 0 Å². The van der Waals surface area contributed by atoms with Crippen LogP contribution >= 0.6 is 11.6 Å². The number of pyridine rings is 1. The zero-order chi connectivity index (χ0) is 13.9. The predicted octanol–water partition coefficient (Wildman–Crippen LogP) is 3.84. The largest absolute Gasteiger partial charge is 0.453 e. The number of fused-ring (bicyclic) bond motifs is 1. The van der Waals surface area contributed by atoms with E-state index in [2.05, 4.69) is 4.98 Å². The minimum atomic E-state index is -0.525. The highest BCUT2D eigenvalue weighted by molar-refractivity contribution is 6.31. The molecule has 20 heavy (non-hydrogen) atoms. The predicted molar refractivity (Wildman–Crippen MR) is 74.6 cm³/mol. The van der Waals surface area contributed by atoms with Crippen LogP contribution in [0.4, 0.5) is 0 Å². The van der Waals surface area contributed by atoms with E-state index in [0.717, 1.165) is 5.39 Å². The molecule has 0 aliphatic carbocycles.